The van der Waals surface area contributed by atoms with Gasteiger partial charge in [0.1, 0.15) is 0 Å². The van der Waals surface area contributed by atoms with Crippen LogP contribution < -0.4 is 10.6 Å². The Kier molecular flexibility index (Phi) is 9.31. The van der Waals surface area contributed by atoms with Crippen LogP contribution in [0.4, 0.5) is 0 Å². The lowest BCUT2D eigenvalue weighted by molar-refractivity contribution is 0.161. The molecule has 0 saturated carbocycles. The van der Waals surface area contributed by atoms with E-state index in [1.54, 1.807) is 14.2 Å². The standard InChI is InChI=1S/C16H31N5O2/c1-13(2)15-11-14(23-20-15)12-19-16(17-3)18-7-6-8-21(4)9-10-22-5/h11,13H,6-10,12H2,1-5H3,(H2,17,18,19). The van der Waals surface area contributed by atoms with E-state index in [2.05, 4.69) is 46.6 Å². The Morgan fingerprint density at radius 3 is 2.78 bits per heavy atom. The monoisotopic (exact) mass is 325 g/mol. The fourth-order valence-electron chi connectivity index (χ4n) is 1.99. The summed E-state index contributed by atoms with van der Waals surface area (Å²) in [6.07, 6.45) is 1.04. The lowest BCUT2D eigenvalue weighted by Gasteiger charge is -2.16. The molecule has 0 bridgehead atoms. The van der Waals surface area contributed by atoms with E-state index in [1.165, 1.54) is 0 Å². The van der Waals surface area contributed by atoms with Gasteiger partial charge in [-0.2, -0.15) is 0 Å². The van der Waals surface area contributed by atoms with Gasteiger partial charge in [-0.1, -0.05) is 19.0 Å². The summed E-state index contributed by atoms with van der Waals surface area (Å²) >= 11 is 0. The van der Waals surface area contributed by atoms with E-state index in [4.69, 9.17) is 9.26 Å². The Labute approximate surface area is 139 Å². The van der Waals surface area contributed by atoms with Gasteiger partial charge in [0.2, 0.25) is 0 Å². The van der Waals surface area contributed by atoms with Crippen LogP contribution in [0.5, 0.6) is 0 Å². The predicted octanol–water partition coefficient (Wildman–Crippen LogP) is 1.43. The fraction of sp³-hybridized carbons (Fsp3) is 0.750. The van der Waals surface area contributed by atoms with Gasteiger partial charge in [-0.15, -0.1) is 0 Å². The maximum absolute atomic E-state index is 5.30. The molecule has 0 aromatic carbocycles. The van der Waals surface area contributed by atoms with Gasteiger partial charge in [-0.3, -0.25) is 4.99 Å². The molecule has 0 amide bonds. The summed E-state index contributed by atoms with van der Waals surface area (Å²) in [6.45, 7) is 8.37. The number of ether oxygens (including phenoxy) is 1. The third-order valence-corrected chi connectivity index (χ3v) is 3.51. The molecular weight excluding hydrogens is 294 g/mol. The number of nitrogens with zero attached hydrogens (tertiary/aromatic N) is 3. The van der Waals surface area contributed by atoms with Crippen molar-refractivity contribution in [1.82, 2.24) is 20.7 Å². The molecule has 0 radical (unpaired) electrons. The van der Waals surface area contributed by atoms with Crippen molar-refractivity contribution < 1.29 is 9.26 Å². The minimum absolute atomic E-state index is 0.375. The Balaban J connectivity index is 2.21. The maximum atomic E-state index is 5.30. The van der Waals surface area contributed by atoms with E-state index in [-0.39, 0.29) is 0 Å². The third-order valence-electron chi connectivity index (χ3n) is 3.51. The van der Waals surface area contributed by atoms with Gasteiger partial charge >= 0.3 is 0 Å². The molecule has 0 saturated heterocycles. The summed E-state index contributed by atoms with van der Waals surface area (Å²) in [6, 6.07) is 1.98. The molecule has 132 valence electrons. The van der Waals surface area contributed by atoms with Gasteiger partial charge in [0.05, 0.1) is 18.8 Å². The van der Waals surface area contributed by atoms with Gasteiger partial charge < -0.3 is 24.8 Å². The quantitative estimate of drug-likeness (QED) is 0.385. The van der Waals surface area contributed by atoms with Crippen molar-refractivity contribution >= 4 is 5.96 Å². The SMILES string of the molecule is CN=C(NCCCN(C)CCOC)NCc1cc(C(C)C)no1. The Morgan fingerprint density at radius 1 is 1.39 bits per heavy atom. The molecule has 0 aliphatic carbocycles. The van der Waals surface area contributed by atoms with Crippen molar-refractivity contribution in [2.45, 2.75) is 32.7 Å². The lowest BCUT2D eigenvalue weighted by Crippen LogP contribution is -2.38. The zero-order valence-corrected chi connectivity index (χ0v) is 15.1. The summed E-state index contributed by atoms with van der Waals surface area (Å²) in [4.78, 5) is 6.46. The van der Waals surface area contributed by atoms with Crippen LogP contribution in [0.15, 0.2) is 15.6 Å². The summed E-state index contributed by atoms with van der Waals surface area (Å²) in [5.74, 6) is 1.96. The Morgan fingerprint density at radius 2 is 2.17 bits per heavy atom. The normalized spacial score (nSPS) is 12.2. The average molecular weight is 325 g/mol. The molecule has 1 aromatic rings. The molecule has 0 atom stereocenters. The van der Waals surface area contributed by atoms with Crippen molar-refractivity contribution in [3.05, 3.63) is 17.5 Å². The van der Waals surface area contributed by atoms with Crippen molar-refractivity contribution in [2.24, 2.45) is 4.99 Å². The van der Waals surface area contributed by atoms with E-state index < -0.39 is 0 Å². The van der Waals surface area contributed by atoms with E-state index >= 15 is 0 Å². The molecule has 7 heteroatoms. The highest BCUT2D eigenvalue weighted by Crippen LogP contribution is 2.13. The molecule has 7 nitrogen and oxygen atoms in total. The van der Waals surface area contributed by atoms with E-state index in [0.29, 0.717) is 12.5 Å². The van der Waals surface area contributed by atoms with Crippen LogP contribution in [-0.2, 0) is 11.3 Å². The van der Waals surface area contributed by atoms with E-state index in [9.17, 15) is 0 Å². The van der Waals surface area contributed by atoms with Crippen LogP contribution >= 0.6 is 0 Å². The van der Waals surface area contributed by atoms with Crippen LogP contribution in [0.3, 0.4) is 0 Å². The van der Waals surface area contributed by atoms with Crippen molar-refractivity contribution in [3.63, 3.8) is 0 Å². The molecular formula is C16H31N5O2. The minimum atomic E-state index is 0.375. The van der Waals surface area contributed by atoms with Gasteiger partial charge in [-0.25, -0.2) is 0 Å². The summed E-state index contributed by atoms with van der Waals surface area (Å²) in [5.41, 5.74) is 0.976. The van der Waals surface area contributed by atoms with Crippen LogP contribution in [-0.4, -0.2) is 63.5 Å². The van der Waals surface area contributed by atoms with Gasteiger partial charge in [0.25, 0.3) is 0 Å². The first kappa shape index (κ1) is 19.4. The molecule has 0 unspecified atom stereocenters. The van der Waals surface area contributed by atoms with Gasteiger partial charge in [0, 0.05) is 33.3 Å². The van der Waals surface area contributed by atoms with Gasteiger partial charge in [0.15, 0.2) is 11.7 Å². The Hall–Kier alpha value is -1.60. The summed E-state index contributed by atoms with van der Waals surface area (Å²) < 4.78 is 10.4. The number of likely N-dealkylation sites (N-methyl/N-ethyl adjacent to an activating group) is 1. The highest BCUT2D eigenvalue weighted by Gasteiger charge is 2.08. The molecule has 0 spiro atoms. The zero-order chi connectivity index (χ0) is 17.1. The van der Waals surface area contributed by atoms with Crippen LogP contribution in [0, 0.1) is 0 Å². The first-order chi connectivity index (χ1) is 11.1. The average Bonchev–Trinajstić information content (AvgIpc) is 3.01. The van der Waals surface area contributed by atoms with Crippen molar-refractivity contribution in [1.29, 1.82) is 0 Å². The number of hydrogen-bond donors (Lipinski definition) is 2. The fourth-order valence-corrected chi connectivity index (χ4v) is 1.99. The molecule has 0 fully saturated rings. The third kappa shape index (κ3) is 7.99. The van der Waals surface area contributed by atoms with Crippen molar-refractivity contribution in [2.75, 3.05) is 47.4 Å². The summed E-state index contributed by atoms with van der Waals surface area (Å²) in [7, 11) is 5.59. The highest BCUT2D eigenvalue weighted by atomic mass is 16.5. The first-order valence-corrected chi connectivity index (χ1v) is 8.14. The van der Waals surface area contributed by atoms with E-state index in [1.807, 2.05) is 6.07 Å². The number of guanidine groups is 1. The van der Waals surface area contributed by atoms with Crippen LogP contribution in [0.1, 0.15) is 37.6 Å². The zero-order valence-electron chi connectivity index (χ0n) is 15.1. The van der Waals surface area contributed by atoms with E-state index in [0.717, 1.165) is 50.1 Å². The number of aliphatic imine (C=N–C) groups is 1. The molecule has 2 N–H and O–H groups in total. The second kappa shape index (κ2) is 11.0. The van der Waals surface area contributed by atoms with Crippen LogP contribution in [0.2, 0.25) is 0 Å². The second-order valence-corrected chi connectivity index (χ2v) is 5.87. The first-order valence-electron chi connectivity index (χ1n) is 8.14. The largest absolute Gasteiger partial charge is 0.383 e. The number of rotatable bonds is 10. The topological polar surface area (TPSA) is 74.9 Å². The highest BCUT2D eigenvalue weighted by molar-refractivity contribution is 5.79. The Bertz CT molecular complexity index is 459. The molecule has 1 aromatic heterocycles. The van der Waals surface area contributed by atoms with Crippen LogP contribution in [0.25, 0.3) is 0 Å². The molecule has 0 aliphatic rings. The smallest absolute Gasteiger partial charge is 0.191 e. The minimum Gasteiger partial charge on any atom is -0.383 e. The summed E-state index contributed by atoms with van der Waals surface area (Å²) in [5, 5.41) is 10.6. The number of nitrogens with one attached hydrogen (secondary N) is 2. The van der Waals surface area contributed by atoms with Crippen molar-refractivity contribution in [3.8, 4) is 0 Å². The number of methoxy groups -OCH3 is 1. The second-order valence-electron chi connectivity index (χ2n) is 5.87. The molecule has 23 heavy (non-hydrogen) atoms. The lowest BCUT2D eigenvalue weighted by atomic mass is 10.1. The van der Waals surface area contributed by atoms with Gasteiger partial charge in [-0.05, 0) is 25.9 Å². The number of hydrogen-bond acceptors (Lipinski definition) is 5. The molecule has 0 aliphatic heterocycles. The predicted molar refractivity (Wildman–Crippen MR) is 92.8 cm³/mol. The number of aromatic nitrogens is 1. The molecule has 1 heterocycles. The molecule has 1 rings (SSSR count). The maximum Gasteiger partial charge on any atom is 0.191 e.